The van der Waals surface area contributed by atoms with E-state index in [-0.39, 0.29) is 5.91 Å². The topological polar surface area (TPSA) is 53.0 Å². The minimum atomic E-state index is 0.0296. The number of aryl methyl sites for hydroxylation is 2. The predicted octanol–water partition coefficient (Wildman–Crippen LogP) is 4.61. The molecule has 7 nitrogen and oxygen atoms in total. The lowest BCUT2D eigenvalue weighted by Gasteiger charge is -2.37. The molecule has 3 aliphatic rings. The first-order chi connectivity index (χ1) is 18.7. The third-order valence-corrected chi connectivity index (χ3v) is 8.19. The van der Waals surface area contributed by atoms with Gasteiger partial charge in [-0.3, -0.25) is 9.69 Å². The number of unbranched alkanes of at least 4 members (excludes halogenated alkanes) is 1. The molecule has 1 saturated heterocycles. The molecule has 38 heavy (non-hydrogen) atoms. The Bertz CT molecular complexity index is 1260. The van der Waals surface area contributed by atoms with Gasteiger partial charge >= 0.3 is 0 Å². The van der Waals surface area contributed by atoms with Crippen molar-refractivity contribution in [1.82, 2.24) is 14.8 Å². The van der Waals surface area contributed by atoms with Crippen molar-refractivity contribution in [3.63, 3.8) is 0 Å². The maximum Gasteiger partial charge on any atom is 0.256 e. The molecule has 0 spiro atoms. The van der Waals surface area contributed by atoms with Crippen molar-refractivity contribution in [2.24, 2.45) is 0 Å². The number of para-hydroxylation sites is 2. The number of ether oxygens (including phenoxy) is 1. The van der Waals surface area contributed by atoms with E-state index in [1.165, 1.54) is 17.7 Å². The Morgan fingerprint density at radius 2 is 1.74 bits per heavy atom. The lowest BCUT2D eigenvalue weighted by molar-refractivity contribution is 0.0947. The van der Waals surface area contributed by atoms with E-state index in [1.54, 1.807) is 0 Å². The van der Waals surface area contributed by atoms with Gasteiger partial charge in [0.2, 0.25) is 0 Å². The summed E-state index contributed by atoms with van der Waals surface area (Å²) in [6.45, 7) is 9.73. The number of nitrogens with zero attached hydrogens (tertiary/aromatic N) is 4. The van der Waals surface area contributed by atoms with E-state index in [4.69, 9.17) is 4.74 Å². The van der Waals surface area contributed by atoms with Gasteiger partial charge < -0.3 is 24.4 Å². The van der Waals surface area contributed by atoms with Crippen LogP contribution in [-0.2, 0) is 6.42 Å². The molecule has 2 aromatic carbocycles. The smallest absolute Gasteiger partial charge is 0.256 e. The minimum Gasteiger partial charge on any atom is -0.491 e. The molecule has 1 amide bonds. The van der Waals surface area contributed by atoms with Crippen molar-refractivity contribution in [3.8, 4) is 11.4 Å². The van der Waals surface area contributed by atoms with Gasteiger partial charge in [0.05, 0.1) is 24.5 Å². The second-order valence-electron chi connectivity index (χ2n) is 10.8. The van der Waals surface area contributed by atoms with Crippen LogP contribution in [0.5, 0.6) is 5.75 Å². The fourth-order valence-electron chi connectivity index (χ4n) is 6.13. The van der Waals surface area contributed by atoms with E-state index in [9.17, 15) is 4.79 Å². The number of carbonyl (C=O) groups is 1. The molecule has 4 heterocycles. The summed E-state index contributed by atoms with van der Waals surface area (Å²) in [4.78, 5) is 20.1. The van der Waals surface area contributed by atoms with E-state index >= 15 is 0 Å². The van der Waals surface area contributed by atoms with Gasteiger partial charge in [0.1, 0.15) is 11.6 Å². The molecule has 200 valence electrons. The van der Waals surface area contributed by atoms with Crippen LogP contribution in [0.1, 0.15) is 47.2 Å². The van der Waals surface area contributed by atoms with E-state index in [1.807, 2.05) is 25.1 Å². The standard InChI is InChI=1S/C31H39N5O2/c1-24-22-36(26-12-3-2-4-13-26)31-28(24)30(37)32-23-35(31)16-7-6-15-33-17-19-34(20-18-33)27-14-9-11-25-10-5-8-21-38-29(25)27/h2-4,9,11-14,22H,5-8,10,15-21,23H2,1H3,(H,32,37). The summed E-state index contributed by atoms with van der Waals surface area (Å²) in [7, 11) is 0. The second kappa shape index (κ2) is 11.1. The van der Waals surface area contributed by atoms with Crippen molar-refractivity contribution in [2.75, 3.05) is 62.3 Å². The number of hydrogen-bond acceptors (Lipinski definition) is 5. The highest BCUT2D eigenvalue weighted by molar-refractivity contribution is 6.02. The van der Waals surface area contributed by atoms with Crippen LogP contribution in [-0.4, -0.2) is 67.9 Å². The first-order valence-electron chi connectivity index (χ1n) is 14.2. The first-order valence-corrected chi connectivity index (χ1v) is 14.2. The summed E-state index contributed by atoms with van der Waals surface area (Å²) < 4.78 is 8.36. The molecule has 0 unspecified atom stereocenters. The molecular weight excluding hydrogens is 474 g/mol. The summed E-state index contributed by atoms with van der Waals surface area (Å²) in [6.07, 6.45) is 7.82. The quantitative estimate of drug-likeness (QED) is 0.468. The van der Waals surface area contributed by atoms with Crippen molar-refractivity contribution in [3.05, 3.63) is 71.4 Å². The van der Waals surface area contributed by atoms with Crippen LogP contribution >= 0.6 is 0 Å². The first kappa shape index (κ1) is 24.9. The molecule has 0 saturated carbocycles. The average molecular weight is 514 g/mol. The summed E-state index contributed by atoms with van der Waals surface area (Å²) in [5.74, 6) is 2.18. The highest BCUT2D eigenvalue weighted by Gasteiger charge is 2.29. The number of nitrogens with one attached hydrogen (secondary N) is 1. The Labute approximate surface area is 226 Å². The zero-order valence-electron chi connectivity index (χ0n) is 22.5. The van der Waals surface area contributed by atoms with E-state index in [0.717, 1.165) is 99.9 Å². The molecule has 0 aliphatic carbocycles. The number of benzene rings is 2. The number of anilines is 2. The Balaban J connectivity index is 1.03. The molecule has 3 aliphatic heterocycles. The molecular formula is C31H39N5O2. The molecule has 0 radical (unpaired) electrons. The summed E-state index contributed by atoms with van der Waals surface area (Å²) in [5.41, 5.74) is 5.57. The van der Waals surface area contributed by atoms with E-state index in [0.29, 0.717) is 6.67 Å². The van der Waals surface area contributed by atoms with Crippen LogP contribution in [0.25, 0.3) is 5.69 Å². The highest BCUT2D eigenvalue weighted by Crippen LogP contribution is 2.36. The minimum absolute atomic E-state index is 0.0296. The number of aromatic nitrogens is 1. The van der Waals surface area contributed by atoms with Crippen LogP contribution < -0.4 is 19.9 Å². The average Bonchev–Trinajstić information content (AvgIpc) is 3.13. The number of rotatable bonds is 7. The van der Waals surface area contributed by atoms with Crippen LogP contribution in [0.4, 0.5) is 11.5 Å². The third-order valence-electron chi connectivity index (χ3n) is 8.19. The van der Waals surface area contributed by atoms with Gasteiger partial charge in [-0.25, -0.2) is 0 Å². The summed E-state index contributed by atoms with van der Waals surface area (Å²) in [6, 6.07) is 17.0. The largest absolute Gasteiger partial charge is 0.491 e. The summed E-state index contributed by atoms with van der Waals surface area (Å²) >= 11 is 0. The lowest BCUT2D eigenvalue weighted by atomic mass is 10.1. The Morgan fingerprint density at radius 1 is 0.921 bits per heavy atom. The molecule has 1 N–H and O–H groups in total. The van der Waals surface area contributed by atoms with Crippen LogP contribution in [0.15, 0.2) is 54.7 Å². The normalized spacial score (nSPS) is 17.9. The number of fused-ring (bicyclic) bond motifs is 2. The Morgan fingerprint density at radius 3 is 2.58 bits per heavy atom. The highest BCUT2D eigenvalue weighted by atomic mass is 16.5. The second-order valence-corrected chi connectivity index (χ2v) is 10.8. The number of carbonyl (C=O) groups excluding carboxylic acids is 1. The van der Waals surface area contributed by atoms with Gasteiger partial charge in [0, 0.05) is 44.6 Å². The maximum atomic E-state index is 12.7. The van der Waals surface area contributed by atoms with E-state index < -0.39 is 0 Å². The number of amides is 1. The van der Waals surface area contributed by atoms with Gasteiger partial charge in [0.15, 0.2) is 0 Å². The molecule has 3 aromatic rings. The number of piperazine rings is 1. The van der Waals surface area contributed by atoms with Crippen molar-refractivity contribution in [1.29, 1.82) is 0 Å². The third kappa shape index (κ3) is 4.99. The monoisotopic (exact) mass is 513 g/mol. The van der Waals surface area contributed by atoms with Gasteiger partial charge in [-0.15, -0.1) is 0 Å². The fourth-order valence-corrected chi connectivity index (χ4v) is 6.13. The van der Waals surface area contributed by atoms with Crippen molar-refractivity contribution >= 4 is 17.4 Å². The SMILES string of the molecule is Cc1cn(-c2ccccc2)c2c1C(=O)NCN2CCCCN1CCN(c2cccc3c2OCCCC3)CC1. The maximum absolute atomic E-state index is 12.7. The number of hydrogen-bond donors (Lipinski definition) is 1. The molecule has 0 atom stereocenters. The summed E-state index contributed by atoms with van der Waals surface area (Å²) in [5, 5.41) is 3.08. The molecule has 6 rings (SSSR count). The van der Waals surface area contributed by atoms with Crippen LogP contribution in [0, 0.1) is 6.92 Å². The predicted molar refractivity (Wildman–Crippen MR) is 153 cm³/mol. The van der Waals surface area contributed by atoms with Gasteiger partial charge in [-0.1, -0.05) is 30.3 Å². The van der Waals surface area contributed by atoms with Gasteiger partial charge in [-0.2, -0.15) is 0 Å². The Kier molecular flexibility index (Phi) is 7.27. The van der Waals surface area contributed by atoms with Gasteiger partial charge in [-0.05, 0) is 74.9 Å². The lowest BCUT2D eigenvalue weighted by Crippen LogP contribution is -2.47. The molecule has 7 heteroatoms. The van der Waals surface area contributed by atoms with E-state index in [2.05, 4.69) is 61.1 Å². The molecule has 1 fully saturated rings. The van der Waals surface area contributed by atoms with Crippen molar-refractivity contribution in [2.45, 2.75) is 39.0 Å². The van der Waals surface area contributed by atoms with Gasteiger partial charge in [0.25, 0.3) is 5.91 Å². The zero-order valence-corrected chi connectivity index (χ0v) is 22.5. The fraction of sp³-hybridized carbons (Fsp3) is 0.452. The van der Waals surface area contributed by atoms with Crippen molar-refractivity contribution < 1.29 is 9.53 Å². The zero-order chi connectivity index (χ0) is 25.9. The Hall–Kier alpha value is -3.45. The van der Waals surface area contributed by atoms with Crippen LogP contribution in [0.2, 0.25) is 0 Å². The van der Waals surface area contributed by atoms with Crippen LogP contribution in [0.3, 0.4) is 0 Å². The molecule has 0 bridgehead atoms. The molecule has 1 aromatic heterocycles.